The molecule has 106 valence electrons. The molecule has 0 aliphatic carbocycles. The van der Waals surface area contributed by atoms with Gasteiger partial charge in [-0.2, -0.15) is 4.31 Å². The number of sulfonamides is 1. The highest BCUT2D eigenvalue weighted by atomic mass is 32.2. The molecule has 0 radical (unpaired) electrons. The van der Waals surface area contributed by atoms with Crippen LogP contribution >= 0.6 is 0 Å². The summed E-state index contributed by atoms with van der Waals surface area (Å²) in [5.41, 5.74) is 0. The Balaban J connectivity index is 1.75. The maximum atomic E-state index is 12.6. The van der Waals surface area contributed by atoms with Crippen molar-refractivity contribution in [1.82, 2.24) is 13.9 Å². The molecule has 3 heterocycles. The summed E-state index contributed by atoms with van der Waals surface area (Å²) >= 11 is 0. The van der Waals surface area contributed by atoms with E-state index >= 15 is 0 Å². The van der Waals surface area contributed by atoms with Gasteiger partial charge in [0.2, 0.25) is 10.0 Å². The second-order valence-corrected chi connectivity index (χ2v) is 7.36. The third-order valence-corrected chi connectivity index (χ3v) is 6.29. The van der Waals surface area contributed by atoms with E-state index in [0.717, 1.165) is 12.8 Å². The first-order valence-corrected chi connectivity index (χ1v) is 8.22. The first-order valence-electron chi connectivity index (χ1n) is 6.72. The highest BCUT2D eigenvalue weighted by molar-refractivity contribution is 7.89. The van der Waals surface area contributed by atoms with Crippen molar-refractivity contribution in [2.75, 3.05) is 19.8 Å². The van der Waals surface area contributed by atoms with Gasteiger partial charge in [-0.05, 0) is 19.3 Å². The molecule has 2 fully saturated rings. The molecule has 0 bridgehead atoms. The van der Waals surface area contributed by atoms with Crippen molar-refractivity contribution in [3.05, 3.63) is 18.7 Å². The van der Waals surface area contributed by atoms with Gasteiger partial charge in [-0.1, -0.05) is 0 Å². The van der Waals surface area contributed by atoms with Gasteiger partial charge in [-0.3, -0.25) is 0 Å². The lowest BCUT2D eigenvalue weighted by molar-refractivity contribution is 0.197. The zero-order chi connectivity index (χ0) is 13.3. The van der Waals surface area contributed by atoms with Gasteiger partial charge in [0.15, 0.2) is 0 Å². The van der Waals surface area contributed by atoms with Gasteiger partial charge in [0.1, 0.15) is 5.25 Å². The van der Waals surface area contributed by atoms with Crippen molar-refractivity contribution in [1.29, 1.82) is 0 Å². The van der Waals surface area contributed by atoms with Crippen molar-refractivity contribution < 1.29 is 13.2 Å². The second kappa shape index (κ2) is 5.22. The number of hydrogen-bond donors (Lipinski definition) is 0. The Morgan fingerprint density at radius 3 is 2.95 bits per heavy atom. The van der Waals surface area contributed by atoms with E-state index in [2.05, 4.69) is 4.98 Å². The smallest absolute Gasteiger partial charge is 0.219 e. The fourth-order valence-corrected chi connectivity index (χ4v) is 4.92. The minimum Gasteiger partial charge on any atom is -0.380 e. The Morgan fingerprint density at radius 2 is 2.26 bits per heavy atom. The largest absolute Gasteiger partial charge is 0.380 e. The molecule has 0 spiro atoms. The zero-order valence-corrected chi connectivity index (χ0v) is 11.6. The Kier molecular flexibility index (Phi) is 3.60. The molecule has 0 unspecified atom stereocenters. The Hall–Kier alpha value is -0.920. The van der Waals surface area contributed by atoms with E-state index in [-0.39, 0.29) is 11.3 Å². The molecule has 6 nitrogen and oxygen atoms in total. The number of ether oxygens (including phenoxy) is 1. The lowest BCUT2D eigenvalue weighted by Crippen LogP contribution is -2.43. The second-order valence-electron chi connectivity index (χ2n) is 5.20. The van der Waals surface area contributed by atoms with Gasteiger partial charge in [-0.15, -0.1) is 0 Å². The maximum Gasteiger partial charge on any atom is 0.219 e. The molecule has 2 aliphatic rings. The van der Waals surface area contributed by atoms with Crippen molar-refractivity contribution in [3.8, 4) is 0 Å². The molecule has 1 aromatic heterocycles. The highest BCUT2D eigenvalue weighted by Gasteiger charge is 2.40. The van der Waals surface area contributed by atoms with Gasteiger partial charge in [0, 0.05) is 38.1 Å². The van der Waals surface area contributed by atoms with E-state index in [1.54, 1.807) is 16.8 Å². The number of imidazole rings is 1. The SMILES string of the molecule is O=S(=O)([C@@H]1CCOC1)N1CCC[C@H]1Cn1ccnc1. The predicted octanol–water partition coefficient (Wildman–Crippen LogP) is 0.466. The summed E-state index contributed by atoms with van der Waals surface area (Å²) in [7, 11) is -3.22. The van der Waals surface area contributed by atoms with Crippen LogP contribution < -0.4 is 0 Å². The summed E-state index contributed by atoms with van der Waals surface area (Å²) < 4.78 is 34.0. The molecule has 0 amide bonds. The normalized spacial score (nSPS) is 29.1. The minimum atomic E-state index is -3.22. The molecule has 0 aromatic carbocycles. The molecule has 2 saturated heterocycles. The zero-order valence-electron chi connectivity index (χ0n) is 10.8. The molecule has 3 rings (SSSR count). The van der Waals surface area contributed by atoms with Crippen LogP contribution in [0.5, 0.6) is 0 Å². The molecule has 2 atom stereocenters. The van der Waals surface area contributed by atoms with E-state index in [0.29, 0.717) is 32.7 Å². The first-order chi connectivity index (χ1) is 9.18. The summed E-state index contributed by atoms with van der Waals surface area (Å²) in [6, 6.07) is 0.0554. The van der Waals surface area contributed by atoms with Gasteiger partial charge in [0.05, 0.1) is 12.9 Å². The quantitative estimate of drug-likeness (QED) is 0.806. The molecule has 2 aliphatic heterocycles. The van der Waals surface area contributed by atoms with Crippen LogP contribution in [0.3, 0.4) is 0 Å². The fourth-order valence-electron chi connectivity index (χ4n) is 2.90. The number of aromatic nitrogens is 2. The topological polar surface area (TPSA) is 64.4 Å². The summed E-state index contributed by atoms with van der Waals surface area (Å²) in [4.78, 5) is 4.00. The highest BCUT2D eigenvalue weighted by Crippen LogP contribution is 2.27. The van der Waals surface area contributed by atoms with Crippen LogP contribution in [0.25, 0.3) is 0 Å². The molecule has 1 aromatic rings. The van der Waals surface area contributed by atoms with Gasteiger partial charge >= 0.3 is 0 Å². The average Bonchev–Trinajstić information content (AvgIpc) is 3.12. The van der Waals surface area contributed by atoms with Gasteiger partial charge < -0.3 is 9.30 Å². The molecule has 19 heavy (non-hydrogen) atoms. The first kappa shape index (κ1) is 13.1. The minimum absolute atomic E-state index is 0.0554. The maximum absolute atomic E-state index is 12.6. The third kappa shape index (κ3) is 2.54. The standard InChI is InChI=1S/C12H19N3O3S/c16-19(17,12-3-7-18-9-12)15-5-1-2-11(15)8-14-6-4-13-10-14/h4,6,10-12H,1-3,5,7-9H2/t11-,12+/m0/s1. The Labute approximate surface area is 113 Å². The van der Waals surface area contributed by atoms with Crippen LogP contribution in [-0.4, -0.2) is 53.3 Å². The van der Waals surface area contributed by atoms with Crippen LogP contribution in [-0.2, 0) is 21.3 Å². The van der Waals surface area contributed by atoms with Crippen molar-refractivity contribution in [2.24, 2.45) is 0 Å². The van der Waals surface area contributed by atoms with Crippen LogP contribution in [0, 0.1) is 0 Å². The van der Waals surface area contributed by atoms with E-state index in [1.807, 2.05) is 10.8 Å². The van der Waals surface area contributed by atoms with Crippen LogP contribution in [0.2, 0.25) is 0 Å². The predicted molar refractivity (Wildman–Crippen MR) is 70.1 cm³/mol. The van der Waals surface area contributed by atoms with E-state index in [9.17, 15) is 8.42 Å². The monoisotopic (exact) mass is 285 g/mol. The van der Waals surface area contributed by atoms with Gasteiger partial charge in [-0.25, -0.2) is 13.4 Å². The van der Waals surface area contributed by atoms with Crippen LogP contribution in [0.1, 0.15) is 19.3 Å². The van der Waals surface area contributed by atoms with Crippen LogP contribution in [0.15, 0.2) is 18.7 Å². The number of nitrogens with zero attached hydrogens (tertiary/aromatic N) is 3. The Bertz CT molecular complexity index is 508. The summed E-state index contributed by atoms with van der Waals surface area (Å²) in [6.07, 6.45) is 7.82. The van der Waals surface area contributed by atoms with Crippen molar-refractivity contribution in [3.63, 3.8) is 0 Å². The Morgan fingerprint density at radius 1 is 1.37 bits per heavy atom. The summed E-state index contributed by atoms with van der Waals surface area (Å²) in [5.74, 6) is 0. The summed E-state index contributed by atoms with van der Waals surface area (Å²) in [6.45, 7) is 2.23. The summed E-state index contributed by atoms with van der Waals surface area (Å²) in [5, 5.41) is -0.351. The van der Waals surface area contributed by atoms with E-state index < -0.39 is 10.0 Å². The lowest BCUT2D eigenvalue weighted by atomic mass is 10.2. The van der Waals surface area contributed by atoms with Gasteiger partial charge in [0.25, 0.3) is 0 Å². The van der Waals surface area contributed by atoms with Crippen molar-refractivity contribution >= 4 is 10.0 Å². The number of rotatable bonds is 4. The number of hydrogen-bond acceptors (Lipinski definition) is 4. The average molecular weight is 285 g/mol. The molecule has 7 heteroatoms. The van der Waals surface area contributed by atoms with E-state index in [4.69, 9.17) is 4.74 Å². The molecular formula is C12H19N3O3S. The van der Waals surface area contributed by atoms with E-state index in [1.165, 1.54) is 0 Å². The molecule has 0 N–H and O–H groups in total. The lowest BCUT2D eigenvalue weighted by Gasteiger charge is -2.26. The fraction of sp³-hybridized carbons (Fsp3) is 0.750. The molecular weight excluding hydrogens is 266 g/mol. The third-order valence-electron chi connectivity index (χ3n) is 3.94. The van der Waals surface area contributed by atoms with Crippen molar-refractivity contribution in [2.45, 2.75) is 37.1 Å². The van der Waals surface area contributed by atoms with Crippen LogP contribution in [0.4, 0.5) is 0 Å². The molecule has 0 saturated carbocycles.